The molecule has 2 N–H and O–H groups in total. The van der Waals surface area contributed by atoms with Crippen LogP contribution in [0.5, 0.6) is 0 Å². The summed E-state index contributed by atoms with van der Waals surface area (Å²) < 4.78 is 0. The Morgan fingerprint density at radius 2 is 1.39 bits per heavy atom. The molecule has 2 aromatic rings. The third-order valence-corrected chi connectivity index (χ3v) is 4.84. The molecule has 0 aliphatic heterocycles. The fourth-order valence-electron chi connectivity index (χ4n) is 3.41. The zero-order chi connectivity index (χ0) is 20.2. The largest absolute Gasteiger partial charge is 0.354 e. The highest BCUT2D eigenvalue weighted by molar-refractivity contribution is 5.87. The highest BCUT2D eigenvalue weighted by atomic mass is 16.2. The topological polar surface area (TPSA) is 58.2 Å². The Morgan fingerprint density at radius 1 is 0.821 bits per heavy atom. The predicted molar refractivity (Wildman–Crippen MR) is 114 cm³/mol. The average Bonchev–Trinajstić information content (AvgIpc) is 2.72. The van der Waals surface area contributed by atoms with Crippen molar-refractivity contribution in [2.75, 3.05) is 6.54 Å². The van der Waals surface area contributed by atoms with E-state index in [0.717, 1.165) is 19.3 Å². The number of hydrogen-bond donors (Lipinski definition) is 2. The van der Waals surface area contributed by atoms with Gasteiger partial charge in [0.05, 0.1) is 0 Å². The molecule has 0 fully saturated rings. The fourth-order valence-corrected chi connectivity index (χ4v) is 3.41. The van der Waals surface area contributed by atoms with Gasteiger partial charge in [-0.2, -0.15) is 0 Å². The second kappa shape index (κ2) is 12.0. The quantitative estimate of drug-likeness (QED) is 0.607. The van der Waals surface area contributed by atoms with Crippen molar-refractivity contribution >= 4 is 11.8 Å². The number of hydrogen-bond acceptors (Lipinski definition) is 2. The molecule has 0 aliphatic carbocycles. The van der Waals surface area contributed by atoms with E-state index in [2.05, 4.69) is 34.9 Å². The number of nitrogens with one attached hydrogen (secondary N) is 2. The van der Waals surface area contributed by atoms with E-state index in [1.165, 1.54) is 11.1 Å². The van der Waals surface area contributed by atoms with Gasteiger partial charge in [-0.3, -0.25) is 9.59 Å². The van der Waals surface area contributed by atoms with Gasteiger partial charge >= 0.3 is 0 Å². The van der Waals surface area contributed by atoms with Gasteiger partial charge in [-0.05, 0) is 30.4 Å². The van der Waals surface area contributed by atoms with Gasteiger partial charge in [-0.15, -0.1) is 0 Å². The Bertz CT molecular complexity index is 676. The van der Waals surface area contributed by atoms with E-state index in [4.69, 9.17) is 0 Å². The Labute approximate surface area is 168 Å². The fraction of sp³-hybridized carbons (Fsp3) is 0.417. The third-order valence-electron chi connectivity index (χ3n) is 4.84. The molecule has 150 valence electrons. The SMILES string of the molecule is CCCC(=O)NC(CCC)C(=O)NCCC(c1ccccc1)c1ccccc1. The molecule has 28 heavy (non-hydrogen) atoms. The Hall–Kier alpha value is -2.62. The number of carbonyl (C=O) groups excluding carboxylic acids is 2. The van der Waals surface area contributed by atoms with E-state index in [-0.39, 0.29) is 17.7 Å². The maximum Gasteiger partial charge on any atom is 0.242 e. The van der Waals surface area contributed by atoms with Crippen LogP contribution >= 0.6 is 0 Å². The summed E-state index contributed by atoms with van der Waals surface area (Å²) in [4.78, 5) is 24.5. The van der Waals surface area contributed by atoms with Gasteiger partial charge in [0, 0.05) is 18.9 Å². The summed E-state index contributed by atoms with van der Waals surface area (Å²) >= 11 is 0. The van der Waals surface area contributed by atoms with Gasteiger partial charge in [0.2, 0.25) is 11.8 Å². The lowest BCUT2D eigenvalue weighted by Gasteiger charge is -2.21. The van der Waals surface area contributed by atoms with Crippen molar-refractivity contribution in [3.05, 3.63) is 71.8 Å². The number of rotatable bonds is 11. The second-order valence-corrected chi connectivity index (χ2v) is 7.11. The summed E-state index contributed by atoms with van der Waals surface area (Å²) in [6.07, 6.45) is 3.55. The van der Waals surface area contributed by atoms with Crippen molar-refractivity contribution in [3.8, 4) is 0 Å². The highest BCUT2D eigenvalue weighted by Crippen LogP contribution is 2.27. The minimum atomic E-state index is -0.448. The Balaban J connectivity index is 1.98. The molecular weight excluding hydrogens is 348 g/mol. The van der Waals surface area contributed by atoms with Crippen molar-refractivity contribution < 1.29 is 9.59 Å². The number of carbonyl (C=O) groups is 2. The van der Waals surface area contributed by atoms with Crippen molar-refractivity contribution in [2.24, 2.45) is 0 Å². The standard InChI is InChI=1S/C24H32N2O2/c1-3-11-22(26-23(27)12-4-2)24(28)25-18-17-21(19-13-7-5-8-14-19)20-15-9-6-10-16-20/h5-10,13-16,21-22H,3-4,11-12,17-18H2,1-2H3,(H,25,28)(H,26,27). The zero-order valence-corrected chi connectivity index (χ0v) is 17.0. The van der Waals surface area contributed by atoms with Crippen LogP contribution in [0.1, 0.15) is 63.0 Å². The number of amides is 2. The van der Waals surface area contributed by atoms with Gasteiger partial charge in [0.15, 0.2) is 0 Å². The molecule has 0 saturated heterocycles. The molecule has 2 rings (SSSR count). The predicted octanol–water partition coefficient (Wildman–Crippen LogP) is 4.41. The zero-order valence-electron chi connectivity index (χ0n) is 17.0. The van der Waals surface area contributed by atoms with Crippen molar-refractivity contribution in [2.45, 2.75) is 57.9 Å². The van der Waals surface area contributed by atoms with Crippen LogP contribution in [0, 0.1) is 0 Å². The average molecular weight is 381 g/mol. The van der Waals surface area contributed by atoms with Crippen LogP contribution in [0.15, 0.2) is 60.7 Å². The second-order valence-electron chi connectivity index (χ2n) is 7.11. The molecule has 0 radical (unpaired) electrons. The highest BCUT2D eigenvalue weighted by Gasteiger charge is 2.20. The van der Waals surface area contributed by atoms with Crippen LogP contribution in [0.4, 0.5) is 0 Å². The summed E-state index contributed by atoms with van der Waals surface area (Å²) in [6, 6.07) is 20.3. The van der Waals surface area contributed by atoms with E-state index < -0.39 is 6.04 Å². The van der Waals surface area contributed by atoms with E-state index in [1.807, 2.05) is 50.2 Å². The molecule has 4 nitrogen and oxygen atoms in total. The van der Waals surface area contributed by atoms with Crippen LogP contribution in [-0.2, 0) is 9.59 Å². The molecule has 0 aromatic heterocycles. The van der Waals surface area contributed by atoms with Crippen LogP contribution in [0.25, 0.3) is 0 Å². The lowest BCUT2D eigenvalue weighted by molar-refractivity contribution is -0.129. The van der Waals surface area contributed by atoms with Gasteiger partial charge < -0.3 is 10.6 Å². The molecule has 0 bridgehead atoms. The van der Waals surface area contributed by atoms with Crippen LogP contribution in [0.2, 0.25) is 0 Å². The first kappa shape index (κ1) is 21.7. The molecular formula is C24H32N2O2. The maximum absolute atomic E-state index is 12.6. The lowest BCUT2D eigenvalue weighted by Crippen LogP contribution is -2.47. The van der Waals surface area contributed by atoms with E-state index >= 15 is 0 Å². The van der Waals surface area contributed by atoms with Gasteiger partial charge in [0.1, 0.15) is 6.04 Å². The first-order chi connectivity index (χ1) is 13.7. The van der Waals surface area contributed by atoms with Crippen molar-refractivity contribution in [1.82, 2.24) is 10.6 Å². The summed E-state index contributed by atoms with van der Waals surface area (Å²) in [5, 5.41) is 5.90. The van der Waals surface area contributed by atoms with E-state index in [0.29, 0.717) is 19.4 Å². The summed E-state index contributed by atoms with van der Waals surface area (Å²) in [5.74, 6) is 0.0794. The molecule has 2 amide bonds. The molecule has 1 unspecified atom stereocenters. The lowest BCUT2D eigenvalue weighted by atomic mass is 9.88. The Kier molecular flexibility index (Phi) is 9.26. The van der Waals surface area contributed by atoms with Crippen LogP contribution in [0.3, 0.4) is 0 Å². The normalized spacial score (nSPS) is 11.8. The monoisotopic (exact) mass is 380 g/mol. The molecule has 0 spiro atoms. The summed E-state index contributed by atoms with van der Waals surface area (Å²) in [6.45, 7) is 4.55. The first-order valence-corrected chi connectivity index (χ1v) is 10.3. The summed E-state index contributed by atoms with van der Waals surface area (Å²) in [5.41, 5.74) is 2.48. The third kappa shape index (κ3) is 6.84. The molecule has 0 heterocycles. The molecule has 1 atom stereocenters. The van der Waals surface area contributed by atoms with Gasteiger partial charge in [0.25, 0.3) is 0 Å². The van der Waals surface area contributed by atoms with E-state index in [9.17, 15) is 9.59 Å². The molecule has 0 aliphatic rings. The molecule has 2 aromatic carbocycles. The first-order valence-electron chi connectivity index (χ1n) is 10.3. The minimum Gasteiger partial charge on any atom is -0.354 e. The van der Waals surface area contributed by atoms with Crippen molar-refractivity contribution in [3.63, 3.8) is 0 Å². The molecule has 4 heteroatoms. The Morgan fingerprint density at radius 3 is 1.89 bits per heavy atom. The number of benzene rings is 2. The minimum absolute atomic E-state index is 0.0532. The van der Waals surface area contributed by atoms with Crippen LogP contribution < -0.4 is 10.6 Å². The molecule has 0 saturated carbocycles. The van der Waals surface area contributed by atoms with Crippen molar-refractivity contribution in [1.29, 1.82) is 0 Å². The van der Waals surface area contributed by atoms with Gasteiger partial charge in [-0.25, -0.2) is 0 Å². The van der Waals surface area contributed by atoms with Gasteiger partial charge in [-0.1, -0.05) is 80.9 Å². The summed E-state index contributed by atoms with van der Waals surface area (Å²) in [7, 11) is 0. The smallest absolute Gasteiger partial charge is 0.242 e. The maximum atomic E-state index is 12.6. The van der Waals surface area contributed by atoms with Crippen LogP contribution in [-0.4, -0.2) is 24.4 Å². The van der Waals surface area contributed by atoms with E-state index in [1.54, 1.807) is 0 Å².